The first-order valence-electron chi connectivity index (χ1n) is 25.6. The van der Waals surface area contributed by atoms with Crippen LogP contribution in [-0.4, -0.2) is 93.2 Å². The van der Waals surface area contributed by atoms with Crippen molar-refractivity contribution in [3.05, 3.63) is 116 Å². The predicted molar refractivity (Wildman–Crippen MR) is 299 cm³/mol. The molecule has 4 aromatic rings. The number of hydrogen-bond donors (Lipinski definition) is 0. The van der Waals surface area contributed by atoms with Crippen molar-refractivity contribution < 1.29 is 61.6 Å². The number of nitro benzene ring substituents is 1. The first-order chi connectivity index (χ1) is 36.4. The average molecular weight is 1080 g/mol. The van der Waals surface area contributed by atoms with Gasteiger partial charge in [-0.25, -0.2) is 0 Å². The molecule has 0 saturated carbocycles. The van der Waals surface area contributed by atoms with E-state index >= 15 is 0 Å². The van der Waals surface area contributed by atoms with Crippen LogP contribution in [0.15, 0.2) is 94.1 Å². The predicted octanol–water partition coefficient (Wildman–Crippen LogP) is 11.5. The Hall–Kier alpha value is -8.02. The highest BCUT2D eigenvalue weighted by Gasteiger charge is 2.30. The summed E-state index contributed by atoms with van der Waals surface area (Å²) in [6, 6.07) is 23.4. The van der Waals surface area contributed by atoms with E-state index in [1.807, 2.05) is 56.9 Å². The van der Waals surface area contributed by atoms with Gasteiger partial charge in [0.1, 0.15) is 96.3 Å². The van der Waals surface area contributed by atoms with Crippen molar-refractivity contribution in [3.63, 3.8) is 0 Å². The van der Waals surface area contributed by atoms with Crippen molar-refractivity contribution in [2.75, 3.05) is 63.4 Å². The van der Waals surface area contributed by atoms with Gasteiger partial charge in [-0.15, -0.1) is 0 Å². The number of hydrogen-bond acceptors (Lipinski definition) is 17. The van der Waals surface area contributed by atoms with Gasteiger partial charge in [-0.2, -0.15) is 0 Å². The highest BCUT2D eigenvalue weighted by molar-refractivity contribution is 6.03. The van der Waals surface area contributed by atoms with Gasteiger partial charge in [-0.3, -0.25) is 29.3 Å². The maximum absolute atomic E-state index is 13.7. The third-order valence-corrected chi connectivity index (χ3v) is 11.5. The van der Waals surface area contributed by atoms with Crippen LogP contribution in [0.3, 0.4) is 0 Å². The molecule has 0 bridgehead atoms. The summed E-state index contributed by atoms with van der Waals surface area (Å²) in [5.74, 6) is 0.246. The Morgan fingerprint density at radius 2 is 1.12 bits per heavy atom. The molecule has 2 aliphatic rings. The van der Waals surface area contributed by atoms with Crippen LogP contribution >= 0.6 is 0 Å². The number of methoxy groups -OCH3 is 2. The van der Waals surface area contributed by atoms with Crippen molar-refractivity contribution >= 4 is 45.9 Å². The lowest BCUT2D eigenvalue weighted by molar-refractivity contribution is -0.385. The number of esters is 3. The molecule has 0 amide bonds. The maximum atomic E-state index is 13.7. The molecule has 18 nitrogen and oxygen atoms in total. The Balaban J connectivity index is 1.40. The zero-order valence-corrected chi connectivity index (χ0v) is 47.5. The number of aryl methyl sites for hydroxylation is 1. The Labute approximate surface area is 455 Å². The van der Waals surface area contributed by atoms with E-state index in [-0.39, 0.29) is 60.0 Å². The summed E-state index contributed by atoms with van der Waals surface area (Å²) < 4.78 is 53.5. The first-order valence-corrected chi connectivity index (χ1v) is 25.6. The maximum Gasteiger partial charge on any atom is 0.326 e. The number of nitro groups is 1. The van der Waals surface area contributed by atoms with Gasteiger partial charge < -0.3 is 52.1 Å². The smallest absolute Gasteiger partial charge is 0.326 e. The number of carbonyl (C=O) groups is 3. The summed E-state index contributed by atoms with van der Waals surface area (Å²) in [6.07, 6.45) is 0. The monoisotopic (exact) mass is 1080 g/mol. The summed E-state index contributed by atoms with van der Waals surface area (Å²) in [4.78, 5) is 68.9. The van der Waals surface area contributed by atoms with Gasteiger partial charge in [0.2, 0.25) is 0 Å². The van der Waals surface area contributed by atoms with Gasteiger partial charge in [-0.1, -0.05) is 26.8 Å². The molecule has 418 valence electrons. The standard InChI is InChI=1S/C60H73N3O15/c1-37-26-40(70-14)17-21-43(37)56-44-20-16-39(64)28-49(44)75-50-30-42(18-22-45(50)56)74-35-38-27-48(61(32-53(65)76-58(5,6)7)33-54(66)77-59(8,9)10)52(31-47(38)63(68)69)73-25-24-72-51-29-41(71-15)19-23-46(51)62(36-57(2,3)4)34-55(67)78-60(11,12)13/h16-23,26-31H,24-25,32-36H2,1-15H3. The minimum Gasteiger partial charge on any atom is -0.497 e. The number of anilines is 2. The first kappa shape index (κ1) is 59.2. The number of ether oxygens (including phenoxy) is 8. The molecule has 18 heteroatoms. The normalized spacial score (nSPS) is 11.9. The summed E-state index contributed by atoms with van der Waals surface area (Å²) in [6.45, 7) is 22.4. The van der Waals surface area contributed by atoms with Gasteiger partial charge in [0.15, 0.2) is 5.43 Å². The molecule has 0 spiro atoms. The van der Waals surface area contributed by atoms with Crippen LogP contribution < -0.4 is 38.9 Å². The van der Waals surface area contributed by atoms with E-state index in [2.05, 4.69) is 0 Å². The highest BCUT2D eigenvalue weighted by atomic mass is 16.6. The minimum absolute atomic E-state index is 0.0583. The molecule has 0 unspecified atom stereocenters. The molecule has 1 aliphatic heterocycles. The van der Waals surface area contributed by atoms with Crippen molar-refractivity contribution in [3.8, 4) is 51.2 Å². The Morgan fingerprint density at radius 1 is 0.590 bits per heavy atom. The van der Waals surface area contributed by atoms with E-state index in [1.165, 1.54) is 36.3 Å². The zero-order chi connectivity index (χ0) is 57.5. The molecular weight excluding hydrogens is 1000 g/mol. The van der Waals surface area contributed by atoms with Gasteiger partial charge in [0.05, 0.1) is 42.1 Å². The SMILES string of the molecule is COc1ccc(-c2c3ccc(=O)cc-3oc3cc(OCc4cc(N(CC(=O)OC(C)(C)C)CC(=O)OC(C)(C)C)c(OCCOc5cc(OC)ccc5N(CC(=O)OC(C)(C)C)CC(C)(C)C)cc4[N+](=O)[O-])ccc23)c(C)c1. The lowest BCUT2D eigenvalue weighted by Gasteiger charge is -2.33. The van der Waals surface area contributed by atoms with Gasteiger partial charge in [0, 0.05) is 41.3 Å². The van der Waals surface area contributed by atoms with Crippen LogP contribution in [0, 0.1) is 22.5 Å². The topological polar surface area (TPSA) is 205 Å². The second kappa shape index (κ2) is 24.1. The molecule has 6 rings (SSSR count). The largest absolute Gasteiger partial charge is 0.497 e. The molecule has 0 aromatic heterocycles. The number of carbonyl (C=O) groups excluding carboxylic acids is 3. The molecule has 4 aromatic carbocycles. The molecule has 1 aliphatic carbocycles. The van der Waals surface area contributed by atoms with Crippen LogP contribution in [0.5, 0.6) is 28.7 Å². The number of benzene rings is 5. The van der Waals surface area contributed by atoms with Crippen LogP contribution in [-0.2, 0) is 35.2 Å². The Kier molecular flexibility index (Phi) is 18.3. The van der Waals surface area contributed by atoms with E-state index in [0.29, 0.717) is 51.8 Å². The highest BCUT2D eigenvalue weighted by Crippen LogP contribution is 2.43. The number of fused-ring (bicyclic) bond motifs is 2. The van der Waals surface area contributed by atoms with E-state index in [9.17, 15) is 29.3 Å². The average Bonchev–Trinajstić information content (AvgIpc) is 3.31. The fraction of sp³-hybridized carbons (Fsp3) is 0.433. The molecule has 1 heterocycles. The van der Waals surface area contributed by atoms with Crippen LogP contribution in [0.2, 0.25) is 0 Å². The lowest BCUT2D eigenvalue weighted by atomic mass is 9.91. The quantitative estimate of drug-likeness (QED) is 0.0164. The third-order valence-electron chi connectivity index (χ3n) is 11.5. The summed E-state index contributed by atoms with van der Waals surface area (Å²) in [5.41, 5.74) is 1.05. The van der Waals surface area contributed by atoms with Crippen LogP contribution in [0.25, 0.3) is 33.4 Å². The fourth-order valence-electron chi connectivity index (χ4n) is 8.60. The number of rotatable bonds is 21. The zero-order valence-electron chi connectivity index (χ0n) is 47.5. The van der Waals surface area contributed by atoms with E-state index in [0.717, 1.165) is 16.7 Å². The van der Waals surface area contributed by atoms with Crippen molar-refractivity contribution in [2.45, 2.75) is 113 Å². The van der Waals surface area contributed by atoms with Crippen LogP contribution in [0.4, 0.5) is 17.1 Å². The van der Waals surface area contributed by atoms with Gasteiger partial charge >= 0.3 is 17.9 Å². The molecule has 0 radical (unpaired) electrons. The van der Waals surface area contributed by atoms with Gasteiger partial charge in [0.25, 0.3) is 5.69 Å². The van der Waals surface area contributed by atoms with E-state index in [1.54, 1.807) is 106 Å². The van der Waals surface area contributed by atoms with Gasteiger partial charge in [-0.05, 0) is 140 Å². The second-order valence-electron chi connectivity index (χ2n) is 23.0. The molecule has 0 fully saturated rings. The molecule has 0 atom stereocenters. The Morgan fingerprint density at radius 3 is 1.65 bits per heavy atom. The van der Waals surface area contributed by atoms with Crippen molar-refractivity contribution in [1.29, 1.82) is 0 Å². The molecular formula is C60H73N3O15. The van der Waals surface area contributed by atoms with E-state index < -0.39 is 58.4 Å². The fourth-order valence-corrected chi connectivity index (χ4v) is 8.60. The van der Waals surface area contributed by atoms with Crippen LogP contribution in [0.1, 0.15) is 94.2 Å². The summed E-state index contributed by atoms with van der Waals surface area (Å²) >= 11 is 0. The summed E-state index contributed by atoms with van der Waals surface area (Å²) in [5, 5.41) is 13.8. The molecule has 78 heavy (non-hydrogen) atoms. The second-order valence-corrected chi connectivity index (χ2v) is 23.0. The Bertz CT molecular complexity index is 3140. The van der Waals surface area contributed by atoms with Crippen molar-refractivity contribution in [1.82, 2.24) is 0 Å². The van der Waals surface area contributed by atoms with E-state index in [4.69, 9.17) is 42.3 Å². The molecule has 0 N–H and O–H groups in total. The third kappa shape index (κ3) is 16.5. The lowest BCUT2D eigenvalue weighted by Crippen LogP contribution is -2.40. The minimum atomic E-state index is -0.905. The molecule has 0 saturated heterocycles. The number of nitrogens with zero attached hydrogens (tertiary/aromatic N) is 3. The van der Waals surface area contributed by atoms with Crippen molar-refractivity contribution in [2.24, 2.45) is 5.41 Å². The summed E-state index contributed by atoms with van der Waals surface area (Å²) in [7, 11) is 3.11.